The molecule has 0 aromatic heterocycles. The second-order valence-electron chi connectivity index (χ2n) is 8.19. The van der Waals surface area contributed by atoms with Gasteiger partial charge in [0.25, 0.3) is 0 Å². The quantitative estimate of drug-likeness (QED) is 0.529. The van der Waals surface area contributed by atoms with Gasteiger partial charge < -0.3 is 9.42 Å². The Morgan fingerprint density at radius 2 is 1.59 bits per heavy atom. The summed E-state index contributed by atoms with van der Waals surface area (Å²) < 4.78 is 18.8. The molecule has 1 N–H and O–H groups in total. The topological polar surface area (TPSA) is 46.5 Å². The highest BCUT2D eigenvalue weighted by molar-refractivity contribution is 7.62. The van der Waals surface area contributed by atoms with Crippen molar-refractivity contribution >= 4 is 12.9 Å². The summed E-state index contributed by atoms with van der Waals surface area (Å²) in [7, 11) is -3.87. The lowest BCUT2D eigenvalue weighted by Gasteiger charge is -2.31. The molecule has 1 saturated carbocycles. The van der Waals surface area contributed by atoms with Crippen LogP contribution in [0.3, 0.4) is 0 Å². The molecule has 0 spiro atoms. The van der Waals surface area contributed by atoms with E-state index < -0.39 is 7.60 Å². The zero-order valence-electron chi connectivity index (χ0n) is 16.4. The van der Waals surface area contributed by atoms with Gasteiger partial charge in [-0.2, -0.15) is 0 Å². The Hall–Kier alpha value is -2.35. The second kappa shape index (κ2) is 7.48. The highest BCUT2D eigenvalue weighted by Crippen LogP contribution is 2.55. The summed E-state index contributed by atoms with van der Waals surface area (Å²) in [4.78, 5) is 10.6. The number of benzene rings is 3. The monoisotopic (exact) mass is 404 g/mol. The Balaban J connectivity index is 1.68. The van der Waals surface area contributed by atoms with E-state index in [1.54, 1.807) is 12.1 Å². The first-order valence-electron chi connectivity index (χ1n) is 10.4. The summed E-state index contributed by atoms with van der Waals surface area (Å²) in [6, 6.07) is 22.2. The van der Waals surface area contributed by atoms with Crippen molar-refractivity contribution in [3.63, 3.8) is 0 Å². The fourth-order valence-electron chi connectivity index (χ4n) is 4.79. The number of hydrogen-bond acceptors (Lipinski definition) is 2. The zero-order valence-corrected chi connectivity index (χ0v) is 17.3. The van der Waals surface area contributed by atoms with Crippen molar-refractivity contribution in [2.45, 2.75) is 44.4 Å². The van der Waals surface area contributed by atoms with E-state index in [1.165, 1.54) is 30.4 Å². The molecule has 29 heavy (non-hydrogen) atoms. The minimum Gasteiger partial charge on any atom is -0.420 e. The minimum atomic E-state index is -3.87. The van der Waals surface area contributed by atoms with Crippen molar-refractivity contribution in [2.24, 2.45) is 0 Å². The average Bonchev–Trinajstić information content (AvgIpc) is 2.75. The predicted octanol–water partition coefficient (Wildman–Crippen LogP) is 6.20. The van der Waals surface area contributed by atoms with Crippen LogP contribution >= 0.6 is 7.60 Å². The van der Waals surface area contributed by atoms with Gasteiger partial charge in [0.1, 0.15) is 5.75 Å². The third-order valence-electron chi connectivity index (χ3n) is 6.19. The van der Waals surface area contributed by atoms with Crippen LogP contribution in [0.1, 0.15) is 54.7 Å². The van der Waals surface area contributed by atoms with Crippen LogP contribution in [0.5, 0.6) is 5.75 Å². The highest BCUT2D eigenvalue weighted by atomic mass is 31.2. The minimum absolute atomic E-state index is 0.387. The molecule has 3 aromatic carbocycles. The van der Waals surface area contributed by atoms with Gasteiger partial charge in [-0.05, 0) is 54.0 Å². The molecular weight excluding hydrogens is 379 g/mol. The largest absolute Gasteiger partial charge is 0.420 e. The summed E-state index contributed by atoms with van der Waals surface area (Å²) in [6.45, 7) is 0. The van der Waals surface area contributed by atoms with Gasteiger partial charge in [-0.1, -0.05) is 73.9 Å². The van der Waals surface area contributed by atoms with E-state index in [-0.39, 0.29) is 0 Å². The molecular formula is C25H25O3P. The van der Waals surface area contributed by atoms with Gasteiger partial charge in [0, 0.05) is 11.1 Å². The molecule has 1 fully saturated rings. The van der Waals surface area contributed by atoms with E-state index >= 15 is 0 Å². The van der Waals surface area contributed by atoms with E-state index in [2.05, 4.69) is 36.4 Å². The fraction of sp³-hybridized carbons (Fsp3) is 0.280. The molecule has 2 aliphatic rings. The normalized spacial score (nSPS) is 21.1. The summed E-state index contributed by atoms with van der Waals surface area (Å²) >= 11 is 0. The Labute approximate surface area is 171 Å². The van der Waals surface area contributed by atoms with Crippen LogP contribution in [0.25, 0.3) is 11.1 Å². The number of rotatable bonds is 3. The van der Waals surface area contributed by atoms with E-state index in [9.17, 15) is 9.46 Å². The molecule has 3 aromatic rings. The van der Waals surface area contributed by atoms with Crippen LogP contribution in [-0.2, 0) is 11.0 Å². The van der Waals surface area contributed by atoms with Crippen LogP contribution in [0.4, 0.5) is 0 Å². The maximum absolute atomic E-state index is 13.0. The van der Waals surface area contributed by atoms with Gasteiger partial charge in [0.2, 0.25) is 0 Å². The first-order chi connectivity index (χ1) is 14.1. The first kappa shape index (κ1) is 18.7. The third kappa shape index (κ3) is 3.54. The molecule has 1 heterocycles. The average molecular weight is 404 g/mol. The fourth-order valence-corrected chi connectivity index (χ4v) is 6.11. The van der Waals surface area contributed by atoms with Crippen molar-refractivity contribution in [3.8, 4) is 16.9 Å². The third-order valence-corrected chi connectivity index (χ3v) is 7.62. The van der Waals surface area contributed by atoms with Crippen LogP contribution in [0.15, 0.2) is 66.7 Å². The lowest BCUT2D eigenvalue weighted by atomic mass is 9.81. The van der Waals surface area contributed by atoms with Gasteiger partial charge in [-0.25, -0.2) is 4.57 Å². The molecule has 0 amide bonds. The Morgan fingerprint density at radius 1 is 0.862 bits per heavy atom. The summed E-state index contributed by atoms with van der Waals surface area (Å²) in [5.41, 5.74) is 5.38. The molecule has 1 aliphatic carbocycles. The molecule has 1 atom stereocenters. The maximum Gasteiger partial charge on any atom is 0.408 e. The Morgan fingerprint density at radius 3 is 2.38 bits per heavy atom. The van der Waals surface area contributed by atoms with E-state index in [4.69, 9.17) is 4.52 Å². The van der Waals surface area contributed by atoms with Gasteiger partial charge in [0.15, 0.2) is 0 Å². The van der Waals surface area contributed by atoms with Gasteiger partial charge in [0.05, 0.1) is 5.30 Å². The lowest BCUT2D eigenvalue weighted by molar-refractivity contribution is 0.382. The summed E-state index contributed by atoms with van der Waals surface area (Å²) in [6.07, 6.45) is 6.74. The molecule has 1 aliphatic heterocycles. The second-order valence-corrected chi connectivity index (χ2v) is 9.89. The van der Waals surface area contributed by atoms with E-state index in [1.807, 2.05) is 18.2 Å². The van der Waals surface area contributed by atoms with Crippen molar-refractivity contribution in [3.05, 3.63) is 83.4 Å². The van der Waals surface area contributed by atoms with Gasteiger partial charge in [-0.3, -0.25) is 0 Å². The molecule has 4 heteroatoms. The smallest absolute Gasteiger partial charge is 0.408 e. The number of fused-ring (bicyclic) bond motifs is 3. The molecule has 0 radical (unpaired) electrons. The van der Waals surface area contributed by atoms with Crippen molar-refractivity contribution < 1.29 is 14.0 Å². The predicted molar refractivity (Wildman–Crippen MR) is 117 cm³/mol. The lowest BCUT2D eigenvalue weighted by Crippen LogP contribution is -2.19. The Bertz CT molecular complexity index is 1080. The zero-order chi connectivity index (χ0) is 19.8. The van der Waals surface area contributed by atoms with Crippen molar-refractivity contribution in [1.82, 2.24) is 0 Å². The summed E-state index contributed by atoms with van der Waals surface area (Å²) in [5, 5.41) is 0.402. The van der Waals surface area contributed by atoms with Crippen LogP contribution in [-0.4, -0.2) is 4.89 Å². The molecule has 5 rings (SSSR count). The molecule has 1 unspecified atom stereocenters. The van der Waals surface area contributed by atoms with Gasteiger partial charge in [-0.15, -0.1) is 0 Å². The van der Waals surface area contributed by atoms with E-state index in [0.717, 1.165) is 36.0 Å². The molecule has 148 valence electrons. The first-order valence-corrected chi connectivity index (χ1v) is 12.0. The molecule has 0 bridgehead atoms. The van der Waals surface area contributed by atoms with Crippen molar-refractivity contribution in [2.75, 3.05) is 0 Å². The summed E-state index contributed by atoms with van der Waals surface area (Å²) in [5.74, 6) is 1.01. The van der Waals surface area contributed by atoms with Gasteiger partial charge >= 0.3 is 7.60 Å². The number of hydrogen-bond donors (Lipinski definition) is 1. The van der Waals surface area contributed by atoms with Crippen LogP contribution in [0, 0.1) is 0 Å². The SMILES string of the molecule is O=P1(O)Oc2c(cc(Cc3ccccc3)cc2C2CCCCC2)-c2ccccc21. The standard InChI is InChI=1S/C25H25O3P/c26-29(27)24-14-8-7-13-21(24)23-17-19(15-18-9-3-1-4-10-18)16-22(25(23)28-29)20-11-5-2-6-12-20/h1,3-4,7-10,13-14,16-17,20H,2,5-6,11-12,15H2,(H,26,27). The maximum atomic E-state index is 13.0. The molecule has 0 saturated heterocycles. The van der Waals surface area contributed by atoms with E-state index in [0.29, 0.717) is 17.0 Å². The molecule has 3 nitrogen and oxygen atoms in total. The van der Waals surface area contributed by atoms with Crippen LogP contribution < -0.4 is 9.83 Å². The Kier molecular flexibility index (Phi) is 4.81. The van der Waals surface area contributed by atoms with Crippen LogP contribution in [0.2, 0.25) is 0 Å². The highest BCUT2D eigenvalue weighted by Gasteiger charge is 2.37. The van der Waals surface area contributed by atoms with Crippen molar-refractivity contribution in [1.29, 1.82) is 0 Å².